The molecule has 6 heteroatoms. The van der Waals surface area contributed by atoms with Crippen LogP contribution in [-0.2, 0) is 10.0 Å². The van der Waals surface area contributed by atoms with Gasteiger partial charge >= 0.3 is 0 Å². The van der Waals surface area contributed by atoms with Gasteiger partial charge < -0.3 is 4.74 Å². The molecule has 0 N–H and O–H groups in total. The van der Waals surface area contributed by atoms with Crippen molar-refractivity contribution in [2.75, 3.05) is 20.2 Å². The fourth-order valence-corrected chi connectivity index (χ4v) is 3.21. The first kappa shape index (κ1) is 16.5. The smallest absolute Gasteiger partial charge is 0.245 e. The van der Waals surface area contributed by atoms with Gasteiger partial charge in [0.25, 0.3) is 0 Å². The maximum atomic E-state index is 13.6. The van der Waals surface area contributed by atoms with E-state index in [1.807, 2.05) is 30.3 Å². The zero-order valence-corrected chi connectivity index (χ0v) is 13.1. The highest BCUT2D eigenvalue weighted by Crippen LogP contribution is 2.18. The molecule has 2 aromatic rings. The molecular formula is C16H18FNO3S. The van der Waals surface area contributed by atoms with E-state index in [1.54, 1.807) is 0 Å². The van der Waals surface area contributed by atoms with E-state index in [2.05, 4.69) is 0 Å². The van der Waals surface area contributed by atoms with Gasteiger partial charge in [0.15, 0.2) is 0 Å². The Kier molecular flexibility index (Phi) is 5.51. The van der Waals surface area contributed by atoms with E-state index in [4.69, 9.17) is 4.74 Å². The Labute approximate surface area is 130 Å². The van der Waals surface area contributed by atoms with E-state index in [-0.39, 0.29) is 11.4 Å². The summed E-state index contributed by atoms with van der Waals surface area (Å²) < 4.78 is 44.8. The second-order valence-electron chi connectivity index (χ2n) is 4.77. The summed E-state index contributed by atoms with van der Waals surface area (Å²) in [6.07, 6.45) is 0.513. The van der Waals surface area contributed by atoms with Crippen LogP contribution >= 0.6 is 0 Å². The molecule has 0 aromatic heterocycles. The van der Waals surface area contributed by atoms with Crippen LogP contribution in [0.15, 0.2) is 59.5 Å². The minimum absolute atomic E-state index is 0.253. The maximum Gasteiger partial charge on any atom is 0.245 e. The van der Waals surface area contributed by atoms with Crippen LogP contribution in [0, 0.1) is 5.82 Å². The molecule has 0 fully saturated rings. The number of halogens is 1. The summed E-state index contributed by atoms with van der Waals surface area (Å²) in [4.78, 5) is -0.304. The molecule has 0 heterocycles. The lowest BCUT2D eigenvalue weighted by Crippen LogP contribution is -2.29. The Morgan fingerprint density at radius 1 is 1.05 bits per heavy atom. The van der Waals surface area contributed by atoms with E-state index >= 15 is 0 Å². The second kappa shape index (κ2) is 7.38. The molecule has 2 aromatic carbocycles. The molecule has 4 nitrogen and oxygen atoms in total. The van der Waals surface area contributed by atoms with E-state index in [0.29, 0.717) is 13.0 Å². The van der Waals surface area contributed by atoms with Crippen LogP contribution in [0.25, 0.3) is 0 Å². The molecule has 0 bridgehead atoms. The third-order valence-electron chi connectivity index (χ3n) is 3.15. The quantitative estimate of drug-likeness (QED) is 0.736. The number of hydrogen-bond donors (Lipinski definition) is 0. The van der Waals surface area contributed by atoms with Crippen molar-refractivity contribution in [3.63, 3.8) is 0 Å². The fourth-order valence-electron chi connectivity index (χ4n) is 1.94. The molecule has 0 saturated heterocycles. The van der Waals surface area contributed by atoms with Gasteiger partial charge in [-0.3, -0.25) is 0 Å². The molecule has 0 atom stereocenters. The van der Waals surface area contributed by atoms with Gasteiger partial charge in [0.2, 0.25) is 10.0 Å². The molecule has 118 valence electrons. The molecule has 2 rings (SSSR count). The van der Waals surface area contributed by atoms with E-state index in [9.17, 15) is 12.8 Å². The lowest BCUT2D eigenvalue weighted by Gasteiger charge is -2.17. The molecule has 0 aliphatic rings. The van der Waals surface area contributed by atoms with Crippen molar-refractivity contribution in [3.05, 3.63) is 60.4 Å². The van der Waals surface area contributed by atoms with Crippen molar-refractivity contribution in [1.82, 2.24) is 4.31 Å². The van der Waals surface area contributed by atoms with E-state index in [0.717, 1.165) is 16.1 Å². The van der Waals surface area contributed by atoms with Crippen LogP contribution in [0.3, 0.4) is 0 Å². The molecule has 0 aliphatic heterocycles. The molecule has 0 radical (unpaired) electrons. The topological polar surface area (TPSA) is 46.6 Å². The lowest BCUT2D eigenvalue weighted by atomic mass is 10.3. The van der Waals surface area contributed by atoms with E-state index in [1.165, 1.54) is 25.2 Å². The minimum Gasteiger partial charge on any atom is -0.494 e. The standard InChI is InChI=1S/C16H18FNO3S/c1-18(12-7-13-21-14-8-3-2-4-9-14)22(19,20)16-11-6-5-10-15(16)17/h2-6,8-11H,7,12-13H2,1H3. The van der Waals surface area contributed by atoms with Crippen molar-refractivity contribution >= 4 is 10.0 Å². The SMILES string of the molecule is CN(CCCOc1ccccc1)S(=O)(=O)c1ccccc1F. The van der Waals surface area contributed by atoms with Gasteiger partial charge in [-0.15, -0.1) is 0 Å². The number of rotatable bonds is 7. The monoisotopic (exact) mass is 323 g/mol. The van der Waals surface area contributed by atoms with Crippen LogP contribution in [0.2, 0.25) is 0 Å². The molecular weight excluding hydrogens is 305 g/mol. The second-order valence-corrected chi connectivity index (χ2v) is 6.79. The summed E-state index contributed by atoms with van der Waals surface area (Å²) in [6, 6.07) is 14.7. The van der Waals surface area contributed by atoms with Gasteiger partial charge in [0.1, 0.15) is 16.5 Å². The molecule has 0 spiro atoms. The number of hydrogen-bond acceptors (Lipinski definition) is 3. The predicted molar refractivity (Wildman–Crippen MR) is 82.8 cm³/mol. The van der Waals surface area contributed by atoms with Gasteiger partial charge in [-0.25, -0.2) is 17.1 Å². The lowest BCUT2D eigenvalue weighted by molar-refractivity contribution is 0.296. The van der Waals surface area contributed by atoms with Crippen LogP contribution in [0.4, 0.5) is 4.39 Å². The van der Waals surface area contributed by atoms with Gasteiger partial charge in [-0.1, -0.05) is 30.3 Å². The Hall–Kier alpha value is -1.92. The number of sulfonamides is 1. The zero-order chi connectivity index (χ0) is 16.0. The third kappa shape index (κ3) is 4.05. The molecule has 0 aliphatic carbocycles. The van der Waals surface area contributed by atoms with Crippen molar-refractivity contribution in [1.29, 1.82) is 0 Å². The largest absolute Gasteiger partial charge is 0.494 e. The highest BCUT2D eigenvalue weighted by molar-refractivity contribution is 7.89. The van der Waals surface area contributed by atoms with Crippen LogP contribution in [-0.4, -0.2) is 32.9 Å². The number of ether oxygens (including phenoxy) is 1. The molecule has 0 unspecified atom stereocenters. The van der Waals surface area contributed by atoms with Crippen molar-refractivity contribution in [2.45, 2.75) is 11.3 Å². The van der Waals surface area contributed by atoms with Crippen molar-refractivity contribution in [2.24, 2.45) is 0 Å². The Morgan fingerprint density at radius 2 is 1.68 bits per heavy atom. The molecule has 0 amide bonds. The van der Waals surface area contributed by atoms with Crippen molar-refractivity contribution in [3.8, 4) is 5.75 Å². The predicted octanol–water partition coefficient (Wildman–Crippen LogP) is 2.92. The zero-order valence-electron chi connectivity index (χ0n) is 12.3. The van der Waals surface area contributed by atoms with Gasteiger partial charge in [0.05, 0.1) is 6.61 Å². The third-order valence-corrected chi connectivity index (χ3v) is 5.04. The number of para-hydroxylation sites is 1. The average molecular weight is 323 g/mol. The van der Waals surface area contributed by atoms with E-state index < -0.39 is 15.8 Å². The Bertz CT molecular complexity index is 704. The summed E-state index contributed by atoms with van der Waals surface area (Å²) in [7, 11) is -2.38. The molecule has 22 heavy (non-hydrogen) atoms. The maximum absolute atomic E-state index is 13.6. The van der Waals surface area contributed by atoms with Gasteiger partial charge in [-0.2, -0.15) is 0 Å². The van der Waals surface area contributed by atoms with Crippen LogP contribution in [0.1, 0.15) is 6.42 Å². The normalized spacial score (nSPS) is 11.6. The summed E-state index contributed by atoms with van der Waals surface area (Å²) in [5.74, 6) is -0.00278. The highest BCUT2D eigenvalue weighted by Gasteiger charge is 2.23. The summed E-state index contributed by atoms with van der Waals surface area (Å²) >= 11 is 0. The summed E-state index contributed by atoms with van der Waals surface area (Å²) in [5.41, 5.74) is 0. The first-order valence-corrected chi connectivity index (χ1v) is 8.34. The van der Waals surface area contributed by atoms with Gasteiger partial charge in [0, 0.05) is 13.6 Å². The Balaban J connectivity index is 1.89. The van der Waals surface area contributed by atoms with Crippen LogP contribution < -0.4 is 4.74 Å². The first-order chi connectivity index (χ1) is 10.5. The Morgan fingerprint density at radius 3 is 2.36 bits per heavy atom. The van der Waals surface area contributed by atoms with Crippen LogP contribution in [0.5, 0.6) is 5.75 Å². The summed E-state index contributed by atoms with van der Waals surface area (Å²) in [5, 5.41) is 0. The highest BCUT2D eigenvalue weighted by atomic mass is 32.2. The van der Waals surface area contributed by atoms with Gasteiger partial charge in [-0.05, 0) is 30.7 Å². The fraction of sp³-hybridized carbons (Fsp3) is 0.250. The van der Waals surface area contributed by atoms with Crippen molar-refractivity contribution < 1.29 is 17.5 Å². The number of benzene rings is 2. The average Bonchev–Trinajstić information content (AvgIpc) is 2.52. The number of nitrogens with zero attached hydrogens (tertiary/aromatic N) is 1. The minimum atomic E-state index is -3.81. The molecule has 0 saturated carbocycles. The first-order valence-electron chi connectivity index (χ1n) is 6.90. The summed E-state index contributed by atoms with van der Waals surface area (Å²) in [6.45, 7) is 0.643.